The number of unbranched alkanes of at least 4 members (excludes halogenated alkanes) is 2. The predicted octanol–water partition coefficient (Wildman–Crippen LogP) is 3.89. The van der Waals surface area contributed by atoms with Crippen molar-refractivity contribution in [1.29, 1.82) is 0 Å². The zero-order valence-corrected chi connectivity index (χ0v) is 23.6. The molecule has 1 N–H and O–H groups in total. The first-order valence-electron chi connectivity index (χ1n) is 13.0. The molecule has 0 aliphatic carbocycles. The quantitative estimate of drug-likeness (QED) is 0.158. The summed E-state index contributed by atoms with van der Waals surface area (Å²) in [7, 11) is 0. The molecule has 3 unspecified atom stereocenters. The molecule has 4 rings (SSSR count). The maximum Gasteiger partial charge on any atom is 0.312 e. The number of fused-ring (bicyclic) bond motifs is 1. The number of hydrogen-bond acceptors (Lipinski definition) is 6. The van der Waals surface area contributed by atoms with Crippen LogP contribution in [0.2, 0.25) is 5.02 Å². The first-order valence-corrected chi connectivity index (χ1v) is 14.3. The van der Waals surface area contributed by atoms with Crippen LogP contribution in [0.15, 0.2) is 49.6 Å². The summed E-state index contributed by atoms with van der Waals surface area (Å²) in [5, 5.41) is 9.88. The normalized spacial score (nSPS) is 29.3. The standard InChI is InChI=1S/C28H34BrClN2O6/c1-3-5-8-16-37-27(36)21-22-25(34)32(14-6-7-15-33)24(28(22)17-20(29)23(21)38-28)26(35)31(13-4-2)19-11-9-18(30)10-12-19/h3-4,9-12,20-24,33H,1-2,5-8,13-17H2/t20?,21-,22+,23-,24?,28?/m1/s1. The van der Waals surface area contributed by atoms with Gasteiger partial charge in [0.05, 0.1) is 24.5 Å². The van der Waals surface area contributed by atoms with Crippen molar-refractivity contribution in [2.75, 3.05) is 31.2 Å². The number of amides is 2. The van der Waals surface area contributed by atoms with E-state index in [1.807, 2.05) is 0 Å². The maximum atomic E-state index is 14.3. The Hall–Kier alpha value is -2.20. The second-order valence-corrected chi connectivity index (χ2v) is 11.6. The van der Waals surface area contributed by atoms with Crippen molar-refractivity contribution in [3.8, 4) is 0 Å². The van der Waals surface area contributed by atoms with Gasteiger partial charge in [-0.05, 0) is 56.4 Å². The molecule has 3 aliphatic rings. The molecule has 0 aromatic heterocycles. The highest BCUT2D eigenvalue weighted by Crippen LogP contribution is 2.60. The highest BCUT2D eigenvalue weighted by Gasteiger charge is 2.77. The van der Waals surface area contributed by atoms with Crippen molar-refractivity contribution in [2.24, 2.45) is 11.8 Å². The largest absolute Gasteiger partial charge is 0.465 e. The van der Waals surface area contributed by atoms with E-state index in [4.69, 9.17) is 21.1 Å². The molecular weight excluding hydrogens is 576 g/mol. The Kier molecular flexibility index (Phi) is 9.34. The average molecular weight is 610 g/mol. The number of carbonyl (C=O) groups excluding carboxylic acids is 3. The number of aliphatic hydroxyl groups is 1. The van der Waals surface area contributed by atoms with E-state index in [9.17, 15) is 19.5 Å². The molecule has 10 heteroatoms. The number of nitrogens with zero attached hydrogens (tertiary/aromatic N) is 2. The van der Waals surface area contributed by atoms with Crippen LogP contribution in [0.25, 0.3) is 0 Å². The van der Waals surface area contributed by atoms with Gasteiger partial charge in [0.2, 0.25) is 5.91 Å². The summed E-state index contributed by atoms with van der Waals surface area (Å²) in [5.41, 5.74) is -0.564. The van der Waals surface area contributed by atoms with Gasteiger partial charge in [-0.3, -0.25) is 14.4 Å². The van der Waals surface area contributed by atoms with Crippen molar-refractivity contribution in [3.63, 3.8) is 0 Å². The van der Waals surface area contributed by atoms with Crippen LogP contribution in [-0.2, 0) is 23.9 Å². The minimum absolute atomic E-state index is 0.0235. The van der Waals surface area contributed by atoms with Crippen molar-refractivity contribution in [2.45, 2.75) is 54.7 Å². The minimum Gasteiger partial charge on any atom is -0.465 e. The number of esters is 1. The molecule has 0 radical (unpaired) electrons. The summed E-state index contributed by atoms with van der Waals surface area (Å²) in [6, 6.07) is 5.94. The van der Waals surface area contributed by atoms with Gasteiger partial charge < -0.3 is 24.4 Å². The van der Waals surface area contributed by atoms with Crippen LogP contribution in [-0.4, -0.2) is 76.7 Å². The molecule has 0 saturated carbocycles. The number of hydrogen-bond donors (Lipinski definition) is 1. The maximum absolute atomic E-state index is 14.3. The van der Waals surface area contributed by atoms with Gasteiger partial charge in [-0.15, -0.1) is 13.2 Å². The van der Waals surface area contributed by atoms with Gasteiger partial charge in [0.1, 0.15) is 11.6 Å². The lowest BCUT2D eigenvalue weighted by Crippen LogP contribution is -2.57. The van der Waals surface area contributed by atoms with Crippen molar-refractivity contribution in [3.05, 3.63) is 54.6 Å². The molecule has 3 aliphatic heterocycles. The van der Waals surface area contributed by atoms with E-state index in [1.54, 1.807) is 46.2 Å². The minimum atomic E-state index is -1.18. The van der Waals surface area contributed by atoms with Crippen molar-refractivity contribution in [1.82, 2.24) is 4.90 Å². The van der Waals surface area contributed by atoms with E-state index in [2.05, 4.69) is 29.1 Å². The topological polar surface area (TPSA) is 96.4 Å². The third kappa shape index (κ3) is 5.18. The van der Waals surface area contributed by atoms with Crippen LogP contribution in [0.5, 0.6) is 0 Å². The SMILES string of the molecule is C=CCCCOC(=O)[C@H]1[C@@H]2OC3(CC2Br)C(C(=O)N(CC=C)c2ccc(Cl)cc2)N(CCCCO)C(=O)[C@H]13. The second-order valence-electron chi connectivity index (χ2n) is 9.94. The summed E-state index contributed by atoms with van der Waals surface area (Å²) in [5.74, 6) is -2.72. The molecule has 1 aromatic carbocycles. The van der Waals surface area contributed by atoms with E-state index in [1.165, 1.54) is 0 Å². The second kappa shape index (κ2) is 12.3. The fourth-order valence-corrected chi connectivity index (χ4v) is 7.10. The molecule has 2 amide bonds. The number of carbonyl (C=O) groups is 3. The zero-order chi connectivity index (χ0) is 27.4. The van der Waals surface area contributed by atoms with E-state index < -0.39 is 35.6 Å². The molecule has 206 valence electrons. The molecule has 38 heavy (non-hydrogen) atoms. The summed E-state index contributed by atoms with van der Waals surface area (Å²) < 4.78 is 12.1. The highest BCUT2D eigenvalue weighted by atomic mass is 79.9. The first kappa shape index (κ1) is 28.8. The average Bonchev–Trinajstić information content (AvgIpc) is 3.49. The van der Waals surface area contributed by atoms with Gasteiger partial charge in [0.15, 0.2) is 0 Å². The number of aliphatic hydroxyl groups excluding tert-OH is 1. The van der Waals surface area contributed by atoms with Crippen LogP contribution in [0.3, 0.4) is 0 Å². The fraction of sp³-hybridized carbons (Fsp3) is 0.536. The predicted molar refractivity (Wildman–Crippen MR) is 148 cm³/mol. The van der Waals surface area contributed by atoms with Gasteiger partial charge in [-0.25, -0.2) is 0 Å². The summed E-state index contributed by atoms with van der Waals surface area (Å²) in [4.78, 5) is 44.5. The summed E-state index contributed by atoms with van der Waals surface area (Å²) in [6.45, 7) is 8.18. The molecule has 3 heterocycles. The third-order valence-electron chi connectivity index (χ3n) is 7.62. The number of benzene rings is 1. The number of likely N-dealkylation sites (tertiary alicyclic amines) is 1. The molecule has 3 saturated heterocycles. The Morgan fingerprint density at radius 1 is 1.24 bits per heavy atom. The zero-order valence-electron chi connectivity index (χ0n) is 21.3. The fourth-order valence-electron chi connectivity index (χ4n) is 6.03. The molecule has 6 atom stereocenters. The molecule has 3 fully saturated rings. The van der Waals surface area contributed by atoms with E-state index in [0.29, 0.717) is 42.8 Å². The molecule has 1 spiro atoms. The van der Waals surface area contributed by atoms with Gasteiger partial charge in [0.25, 0.3) is 5.91 Å². The van der Waals surface area contributed by atoms with Gasteiger partial charge in [-0.2, -0.15) is 0 Å². The van der Waals surface area contributed by atoms with Crippen LogP contribution < -0.4 is 4.90 Å². The Morgan fingerprint density at radius 3 is 2.63 bits per heavy atom. The molecule has 2 bridgehead atoms. The highest BCUT2D eigenvalue weighted by molar-refractivity contribution is 9.09. The van der Waals surface area contributed by atoms with E-state index in [0.717, 1.165) is 0 Å². The number of anilines is 1. The summed E-state index contributed by atoms with van der Waals surface area (Å²) >= 11 is 9.75. The van der Waals surface area contributed by atoms with Crippen LogP contribution in [0.4, 0.5) is 5.69 Å². The van der Waals surface area contributed by atoms with Gasteiger partial charge in [0, 0.05) is 35.2 Å². The monoisotopic (exact) mass is 608 g/mol. The van der Waals surface area contributed by atoms with Crippen LogP contribution >= 0.6 is 27.5 Å². The lowest BCUT2D eigenvalue weighted by atomic mass is 9.70. The smallest absolute Gasteiger partial charge is 0.312 e. The number of halogens is 2. The van der Waals surface area contributed by atoms with Crippen LogP contribution in [0.1, 0.15) is 32.1 Å². The lowest BCUT2D eigenvalue weighted by Gasteiger charge is -2.37. The van der Waals surface area contributed by atoms with Crippen molar-refractivity contribution < 1.29 is 29.0 Å². The Balaban J connectivity index is 1.70. The number of alkyl halides is 1. The summed E-state index contributed by atoms with van der Waals surface area (Å²) in [6.07, 6.45) is 5.56. The first-order chi connectivity index (χ1) is 18.3. The number of allylic oxidation sites excluding steroid dienone is 1. The van der Waals surface area contributed by atoms with Gasteiger partial charge >= 0.3 is 5.97 Å². The molecular formula is C28H34BrClN2O6. The Labute approximate surface area is 236 Å². The van der Waals surface area contributed by atoms with Crippen molar-refractivity contribution >= 4 is 51.0 Å². The Morgan fingerprint density at radius 2 is 1.97 bits per heavy atom. The Bertz CT molecular complexity index is 1070. The molecule has 8 nitrogen and oxygen atoms in total. The van der Waals surface area contributed by atoms with E-state index >= 15 is 0 Å². The lowest BCUT2D eigenvalue weighted by molar-refractivity contribution is -0.155. The van der Waals surface area contributed by atoms with Gasteiger partial charge in [-0.1, -0.05) is 39.7 Å². The number of rotatable bonds is 13. The van der Waals surface area contributed by atoms with Crippen LogP contribution in [0, 0.1) is 11.8 Å². The number of ether oxygens (including phenoxy) is 2. The van der Waals surface area contributed by atoms with E-state index in [-0.39, 0.29) is 42.9 Å². The molecule has 1 aromatic rings. The third-order valence-corrected chi connectivity index (χ3v) is 8.71.